The second-order valence-electron chi connectivity index (χ2n) is 5.38. The molecule has 5 heteroatoms. The Kier molecular flexibility index (Phi) is 5.09. The number of carboxylic acid groups (broad SMARTS) is 1. The van der Waals surface area contributed by atoms with Crippen molar-refractivity contribution < 1.29 is 19.0 Å². The zero-order chi connectivity index (χ0) is 14.5. The number of hydrogen-bond acceptors (Lipinski definition) is 3. The van der Waals surface area contributed by atoms with Crippen LogP contribution in [0.3, 0.4) is 0 Å². The molecule has 0 bridgehead atoms. The molecule has 1 fully saturated rings. The molecule has 1 aliphatic carbocycles. The summed E-state index contributed by atoms with van der Waals surface area (Å²) in [7, 11) is 1.93. The number of rotatable bonds is 8. The predicted molar refractivity (Wildman–Crippen MR) is 73.2 cm³/mol. The van der Waals surface area contributed by atoms with E-state index in [0.717, 1.165) is 24.6 Å². The summed E-state index contributed by atoms with van der Waals surface area (Å²) in [6.07, 6.45) is 2.57. The predicted octanol–water partition coefficient (Wildman–Crippen LogP) is 2.38. The van der Waals surface area contributed by atoms with Gasteiger partial charge in [0.25, 0.3) is 0 Å². The monoisotopic (exact) mass is 281 g/mol. The van der Waals surface area contributed by atoms with Gasteiger partial charge >= 0.3 is 5.97 Å². The van der Waals surface area contributed by atoms with Gasteiger partial charge in [0.2, 0.25) is 0 Å². The van der Waals surface area contributed by atoms with Crippen LogP contribution in [0.25, 0.3) is 0 Å². The van der Waals surface area contributed by atoms with Crippen LogP contribution in [-0.4, -0.2) is 42.8 Å². The van der Waals surface area contributed by atoms with E-state index < -0.39 is 11.8 Å². The standard InChI is InChI=1S/C15H20FNO3/c1-17(6-7-20-10-11-2-3-11)9-12-4-5-13(15(18)19)14(16)8-12/h4-5,8,11H,2-3,6-7,9-10H2,1H3,(H,18,19). The highest BCUT2D eigenvalue weighted by molar-refractivity contribution is 5.87. The fourth-order valence-corrected chi connectivity index (χ4v) is 1.98. The van der Waals surface area contributed by atoms with Crippen molar-refractivity contribution in [2.75, 3.05) is 26.8 Å². The molecule has 0 saturated heterocycles. The lowest BCUT2D eigenvalue weighted by Gasteiger charge is -2.17. The van der Waals surface area contributed by atoms with Crippen molar-refractivity contribution in [3.8, 4) is 0 Å². The molecule has 0 radical (unpaired) electrons. The number of likely N-dealkylation sites (N-methyl/N-ethyl adjacent to an activating group) is 1. The summed E-state index contributed by atoms with van der Waals surface area (Å²) in [6, 6.07) is 4.24. The molecule has 0 heterocycles. The van der Waals surface area contributed by atoms with Crippen molar-refractivity contribution >= 4 is 5.97 Å². The van der Waals surface area contributed by atoms with Gasteiger partial charge in [0, 0.05) is 19.7 Å². The second-order valence-corrected chi connectivity index (χ2v) is 5.38. The van der Waals surface area contributed by atoms with Gasteiger partial charge in [0.1, 0.15) is 5.82 Å². The molecule has 1 saturated carbocycles. The number of benzene rings is 1. The number of nitrogens with zero attached hydrogens (tertiary/aromatic N) is 1. The van der Waals surface area contributed by atoms with Crippen molar-refractivity contribution in [1.82, 2.24) is 4.90 Å². The average Bonchev–Trinajstić information content (AvgIpc) is 3.18. The first kappa shape index (κ1) is 14.9. The summed E-state index contributed by atoms with van der Waals surface area (Å²) < 4.78 is 19.1. The Morgan fingerprint density at radius 3 is 2.85 bits per heavy atom. The summed E-state index contributed by atoms with van der Waals surface area (Å²) in [4.78, 5) is 12.8. The van der Waals surface area contributed by atoms with Crippen LogP contribution in [0.15, 0.2) is 18.2 Å². The van der Waals surface area contributed by atoms with Crippen LogP contribution < -0.4 is 0 Å². The molecule has 1 aliphatic rings. The molecular formula is C15H20FNO3. The molecule has 1 N–H and O–H groups in total. The van der Waals surface area contributed by atoms with E-state index in [1.165, 1.54) is 25.0 Å². The third-order valence-corrected chi connectivity index (χ3v) is 3.38. The number of aromatic carboxylic acids is 1. The Morgan fingerprint density at radius 1 is 1.50 bits per heavy atom. The maximum Gasteiger partial charge on any atom is 0.338 e. The number of ether oxygens (including phenoxy) is 1. The van der Waals surface area contributed by atoms with E-state index in [9.17, 15) is 9.18 Å². The van der Waals surface area contributed by atoms with Gasteiger partial charge in [-0.25, -0.2) is 9.18 Å². The van der Waals surface area contributed by atoms with Gasteiger partial charge in [-0.15, -0.1) is 0 Å². The minimum Gasteiger partial charge on any atom is -0.478 e. The van der Waals surface area contributed by atoms with Gasteiger partial charge in [0.15, 0.2) is 0 Å². The van der Waals surface area contributed by atoms with E-state index in [-0.39, 0.29) is 5.56 Å². The quantitative estimate of drug-likeness (QED) is 0.743. The van der Waals surface area contributed by atoms with Gasteiger partial charge in [0.05, 0.1) is 12.2 Å². The van der Waals surface area contributed by atoms with Crippen molar-refractivity contribution in [2.45, 2.75) is 19.4 Å². The zero-order valence-electron chi connectivity index (χ0n) is 11.6. The van der Waals surface area contributed by atoms with Gasteiger partial charge in [-0.2, -0.15) is 0 Å². The first-order chi connectivity index (χ1) is 9.56. The van der Waals surface area contributed by atoms with Gasteiger partial charge < -0.3 is 9.84 Å². The normalized spacial score (nSPS) is 14.8. The van der Waals surface area contributed by atoms with Crippen LogP contribution in [0, 0.1) is 11.7 Å². The molecule has 0 unspecified atom stereocenters. The van der Waals surface area contributed by atoms with Crippen LogP contribution in [0.1, 0.15) is 28.8 Å². The van der Waals surface area contributed by atoms with Crippen LogP contribution >= 0.6 is 0 Å². The summed E-state index contributed by atoms with van der Waals surface area (Å²) in [5, 5.41) is 8.76. The van der Waals surface area contributed by atoms with Gasteiger partial charge in [-0.1, -0.05) is 6.07 Å². The Morgan fingerprint density at radius 2 is 2.25 bits per heavy atom. The fraction of sp³-hybridized carbons (Fsp3) is 0.533. The third kappa shape index (κ3) is 4.58. The van der Waals surface area contributed by atoms with E-state index in [4.69, 9.17) is 9.84 Å². The molecule has 110 valence electrons. The lowest BCUT2D eigenvalue weighted by molar-refractivity contribution is 0.0692. The van der Waals surface area contributed by atoms with Crippen LogP contribution in [0.4, 0.5) is 4.39 Å². The lowest BCUT2D eigenvalue weighted by atomic mass is 10.1. The molecular weight excluding hydrogens is 261 g/mol. The number of hydrogen-bond donors (Lipinski definition) is 1. The summed E-state index contributed by atoms with van der Waals surface area (Å²) in [5.74, 6) is -1.16. The highest BCUT2D eigenvalue weighted by Crippen LogP contribution is 2.28. The Bertz CT molecular complexity index is 474. The van der Waals surface area contributed by atoms with Crippen LogP contribution in [0.2, 0.25) is 0 Å². The van der Waals surface area contributed by atoms with Crippen molar-refractivity contribution in [3.63, 3.8) is 0 Å². The van der Waals surface area contributed by atoms with Crippen molar-refractivity contribution in [3.05, 3.63) is 35.1 Å². The minimum atomic E-state index is -1.24. The highest BCUT2D eigenvalue weighted by Gasteiger charge is 2.21. The van der Waals surface area contributed by atoms with Crippen LogP contribution in [0.5, 0.6) is 0 Å². The number of carbonyl (C=O) groups is 1. The van der Waals surface area contributed by atoms with E-state index in [0.29, 0.717) is 13.2 Å². The SMILES string of the molecule is CN(CCOCC1CC1)Cc1ccc(C(=O)O)c(F)c1. The second kappa shape index (κ2) is 6.81. The first-order valence-corrected chi connectivity index (χ1v) is 6.84. The van der Waals surface area contributed by atoms with Gasteiger partial charge in [-0.3, -0.25) is 4.90 Å². The topological polar surface area (TPSA) is 49.8 Å². The molecule has 0 atom stereocenters. The number of carboxylic acids is 1. The lowest BCUT2D eigenvalue weighted by Crippen LogP contribution is -2.23. The number of halogens is 1. The molecule has 0 amide bonds. The molecule has 2 rings (SSSR count). The Balaban J connectivity index is 1.76. The average molecular weight is 281 g/mol. The molecule has 20 heavy (non-hydrogen) atoms. The summed E-state index contributed by atoms with van der Waals surface area (Å²) in [6.45, 7) is 2.86. The first-order valence-electron chi connectivity index (χ1n) is 6.84. The van der Waals surface area contributed by atoms with E-state index in [1.807, 2.05) is 11.9 Å². The third-order valence-electron chi connectivity index (χ3n) is 3.38. The zero-order valence-corrected chi connectivity index (χ0v) is 11.6. The van der Waals surface area contributed by atoms with E-state index >= 15 is 0 Å². The van der Waals surface area contributed by atoms with Crippen LogP contribution in [-0.2, 0) is 11.3 Å². The molecule has 1 aromatic rings. The molecule has 0 aromatic heterocycles. The summed E-state index contributed by atoms with van der Waals surface area (Å²) in [5.41, 5.74) is 0.473. The molecule has 4 nitrogen and oxygen atoms in total. The van der Waals surface area contributed by atoms with Gasteiger partial charge in [-0.05, 0) is 43.5 Å². The Labute approximate surface area is 118 Å². The maximum absolute atomic E-state index is 13.5. The highest BCUT2D eigenvalue weighted by atomic mass is 19.1. The summed E-state index contributed by atoms with van der Waals surface area (Å²) >= 11 is 0. The maximum atomic E-state index is 13.5. The van der Waals surface area contributed by atoms with E-state index in [1.54, 1.807) is 6.07 Å². The molecule has 0 spiro atoms. The fourth-order valence-electron chi connectivity index (χ4n) is 1.98. The minimum absolute atomic E-state index is 0.288. The smallest absolute Gasteiger partial charge is 0.338 e. The molecule has 0 aliphatic heterocycles. The van der Waals surface area contributed by atoms with E-state index in [2.05, 4.69) is 0 Å². The van der Waals surface area contributed by atoms with Crippen molar-refractivity contribution in [2.24, 2.45) is 5.92 Å². The van der Waals surface area contributed by atoms with Crippen molar-refractivity contribution in [1.29, 1.82) is 0 Å². The largest absolute Gasteiger partial charge is 0.478 e. The Hall–Kier alpha value is -1.46. The molecule has 1 aromatic carbocycles.